The van der Waals surface area contributed by atoms with E-state index in [1.54, 1.807) is 0 Å². The SMILES string of the molecule is c1ccc2c(-c3ccc4c(c3)c3ccccc3c3cccc5ccc6cccc4c6c53)c3ccccc3c(-c3ccc(-c4cn5ccccc5n4)cc3)c2c1. The number of nitrogens with zero attached hydrogens (tertiary/aromatic N) is 2. The molecule has 0 unspecified atom stereocenters. The average Bonchev–Trinajstić information content (AvgIpc) is 3.69. The minimum Gasteiger partial charge on any atom is -0.306 e. The molecule has 0 aliphatic heterocycles. The summed E-state index contributed by atoms with van der Waals surface area (Å²) in [5.74, 6) is 0. The standard InChI is InChI=1S/C53H32N2/c1-2-14-39-38(13-1)41-19-9-11-34-26-27-35-12-10-20-42(53(35)52(34)41)40-29-28-37(31-47(39)40)51-45-17-5-3-15-43(45)50(44-16-4-6-18-46(44)51)36-24-22-33(23-25-36)48-32-55-30-8-7-21-49(55)54-48/h1-32H. The summed E-state index contributed by atoms with van der Waals surface area (Å²) in [5, 5.41) is 17.8. The van der Waals surface area contributed by atoms with Crippen molar-refractivity contribution < 1.29 is 0 Å². The lowest BCUT2D eigenvalue weighted by Gasteiger charge is -2.19. The molecule has 0 aliphatic carbocycles. The highest BCUT2D eigenvalue weighted by atomic mass is 15.0. The van der Waals surface area contributed by atoms with Crippen molar-refractivity contribution in [3.63, 3.8) is 0 Å². The van der Waals surface area contributed by atoms with Gasteiger partial charge in [-0.05, 0) is 116 Å². The van der Waals surface area contributed by atoms with Crippen molar-refractivity contribution in [1.29, 1.82) is 0 Å². The first-order valence-electron chi connectivity index (χ1n) is 19.0. The summed E-state index contributed by atoms with van der Waals surface area (Å²) < 4.78 is 2.07. The molecular weight excluding hydrogens is 665 g/mol. The van der Waals surface area contributed by atoms with Crippen molar-refractivity contribution in [3.8, 4) is 33.5 Å². The van der Waals surface area contributed by atoms with Crippen LogP contribution in [0.5, 0.6) is 0 Å². The van der Waals surface area contributed by atoms with E-state index in [0.717, 1.165) is 16.9 Å². The topological polar surface area (TPSA) is 17.3 Å². The van der Waals surface area contributed by atoms with Gasteiger partial charge in [-0.2, -0.15) is 0 Å². The first kappa shape index (κ1) is 30.2. The molecule has 254 valence electrons. The van der Waals surface area contributed by atoms with Crippen molar-refractivity contribution in [2.24, 2.45) is 0 Å². The zero-order valence-electron chi connectivity index (χ0n) is 29.9. The molecule has 0 amide bonds. The molecule has 10 aromatic carbocycles. The third-order valence-corrected chi connectivity index (χ3v) is 11.8. The van der Waals surface area contributed by atoms with Crippen molar-refractivity contribution in [1.82, 2.24) is 9.38 Å². The van der Waals surface area contributed by atoms with Crippen LogP contribution < -0.4 is 0 Å². The van der Waals surface area contributed by atoms with Gasteiger partial charge < -0.3 is 4.40 Å². The van der Waals surface area contributed by atoms with E-state index in [9.17, 15) is 0 Å². The minimum atomic E-state index is 0.949. The molecule has 0 atom stereocenters. The van der Waals surface area contributed by atoms with Gasteiger partial charge in [0.15, 0.2) is 0 Å². The van der Waals surface area contributed by atoms with Crippen LogP contribution in [0.25, 0.3) is 115 Å². The number of hydrogen-bond acceptors (Lipinski definition) is 1. The van der Waals surface area contributed by atoms with Gasteiger partial charge in [-0.3, -0.25) is 0 Å². The van der Waals surface area contributed by atoms with Crippen molar-refractivity contribution in [3.05, 3.63) is 194 Å². The van der Waals surface area contributed by atoms with Crippen LogP contribution in [0.2, 0.25) is 0 Å². The van der Waals surface area contributed by atoms with E-state index in [-0.39, 0.29) is 0 Å². The number of imidazole rings is 1. The van der Waals surface area contributed by atoms with E-state index in [1.165, 1.54) is 97.7 Å². The molecule has 0 saturated carbocycles. The molecule has 2 nitrogen and oxygen atoms in total. The first-order chi connectivity index (χ1) is 27.3. The minimum absolute atomic E-state index is 0.949. The fourth-order valence-corrected chi connectivity index (χ4v) is 9.35. The lowest BCUT2D eigenvalue weighted by atomic mass is 9.84. The summed E-state index contributed by atoms with van der Waals surface area (Å²) in [5.41, 5.74) is 7.95. The molecule has 0 bridgehead atoms. The molecule has 0 aliphatic rings. The number of aromatic nitrogens is 2. The Labute approximate surface area is 317 Å². The van der Waals surface area contributed by atoms with Gasteiger partial charge in [-0.15, -0.1) is 0 Å². The Morgan fingerprint density at radius 3 is 1.40 bits per heavy atom. The fourth-order valence-electron chi connectivity index (χ4n) is 9.35. The molecule has 0 N–H and O–H groups in total. The van der Waals surface area contributed by atoms with Crippen molar-refractivity contribution in [2.45, 2.75) is 0 Å². The van der Waals surface area contributed by atoms with E-state index < -0.39 is 0 Å². The number of fused-ring (bicyclic) bond motifs is 8. The Morgan fingerprint density at radius 1 is 0.327 bits per heavy atom. The smallest absolute Gasteiger partial charge is 0.137 e. The van der Waals surface area contributed by atoms with E-state index >= 15 is 0 Å². The summed E-state index contributed by atoms with van der Waals surface area (Å²) in [6.07, 6.45) is 4.15. The zero-order valence-corrected chi connectivity index (χ0v) is 29.9. The van der Waals surface area contributed by atoms with Gasteiger partial charge >= 0.3 is 0 Å². The molecular formula is C53H32N2. The summed E-state index contributed by atoms with van der Waals surface area (Å²) in [6, 6.07) is 67.1. The van der Waals surface area contributed by atoms with Gasteiger partial charge in [0, 0.05) is 18.0 Å². The molecule has 0 fully saturated rings. The molecule has 12 rings (SSSR count). The molecule has 0 radical (unpaired) electrons. The van der Waals surface area contributed by atoms with Gasteiger partial charge in [0.25, 0.3) is 0 Å². The Morgan fingerprint density at radius 2 is 0.800 bits per heavy atom. The lowest BCUT2D eigenvalue weighted by Crippen LogP contribution is -1.91. The van der Waals surface area contributed by atoms with Crippen LogP contribution in [0.1, 0.15) is 0 Å². The highest BCUT2D eigenvalue weighted by molar-refractivity contribution is 6.33. The number of benzene rings is 9. The first-order valence-corrected chi connectivity index (χ1v) is 19.0. The predicted molar refractivity (Wildman–Crippen MR) is 234 cm³/mol. The highest BCUT2D eigenvalue weighted by Crippen LogP contribution is 2.46. The second-order valence-electron chi connectivity index (χ2n) is 14.7. The third-order valence-electron chi connectivity index (χ3n) is 11.8. The molecule has 0 saturated heterocycles. The maximum atomic E-state index is 4.88. The van der Waals surface area contributed by atoms with Gasteiger partial charge in [0.2, 0.25) is 0 Å². The lowest BCUT2D eigenvalue weighted by molar-refractivity contribution is 1.19. The summed E-state index contributed by atoms with van der Waals surface area (Å²) >= 11 is 0. The fraction of sp³-hybridized carbons (Fsp3) is 0. The summed E-state index contributed by atoms with van der Waals surface area (Å²) in [4.78, 5) is 4.88. The maximum absolute atomic E-state index is 4.88. The number of pyridine rings is 1. The Kier molecular flexibility index (Phi) is 6.37. The summed E-state index contributed by atoms with van der Waals surface area (Å²) in [6.45, 7) is 0. The van der Waals surface area contributed by atoms with Crippen LogP contribution in [-0.2, 0) is 0 Å². The van der Waals surface area contributed by atoms with Gasteiger partial charge in [-0.25, -0.2) is 4.98 Å². The van der Waals surface area contributed by atoms with Crippen LogP contribution in [0.3, 0.4) is 0 Å². The predicted octanol–water partition coefficient (Wildman–Crippen LogP) is 14.4. The largest absolute Gasteiger partial charge is 0.306 e. The van der Waals surface area contributed by atoms with Crippen LogP contribution in [0, 0.1) is 0 Å². The van der Waals surface area contributed by atoms with Crippen LogP contribution >= 0.6 is 0 Å². The van der Waals surface area contributed by atoms with Gasteiger partial charge in [-0.1, -0.05) is 164 Å². The molecule has 2 heterocycles. The Hall–Kier alpha value is -7.29. The Balaban J connectivity index is 1.14. The molecule has 55 heavy (non-hydrogen) atoms. The second kappa shape index (κ2) is 11.6. The molecule has 0 spiro atoms. The second-order valence-corrected chi connectivity index (χ2v) is 14.7. The van der Waals surface area contributed by atoms with Crippen LogP contribution in [0.4, 0.5) is 0 Å². The van der Waals surface area contributed by atoms with E-state index in [4.69, 9.17) is 4.98 Å². The molecule has 2 heteroatoms. The van der Waals surface area contributed by atoms with Crippen molar-refractivity contribution >= 4 is 81.1 Å². The van der Waals surface area contributed by atoms with Crippen molar-refractivity contribution in [2.75, 3.05) is 0 Å². The molecule has 12 aromatic rings. The quantitative estimate of drug-likeness (QED) is 0.133. The number of hydrogen-bond donors (Lipinski definition) is 0. The van der Waals surface area contributed by atoms with Gasteiger partial charge in [0.05, 0.1) is 5.69 Å². The normalized spacial score (nSPS) is 12.0. The van der Waals surface area contributed by atoms with Crippen LogP contribution in [-0.4, -0.2) is 9.38 Å². The Bertz CT molecular complexity index is 3450. The van der Waals surface area contributed by atoms with Gasteiger partial charge in [0.1, 0.15) is 5.65 Å². The maximum Gasteiger partial charge on any atom is 0.137 e. The van der Waals surface area contributed by atoms with E-state index in [0.29, 0.717) is 0 Å². The highest BCUT2D eigenvalue weighted by Gasteiger charge is 2.19. The number of rotatable bonds is 3. The third kappa shape index (κ3) is 4.46. The van der Waals surface area contributed by atoms with E-state index in [2.05, 4.69) is 174 Å². The zero-order chi connectivity index (χ0) is 36.0. The van der Waals surface area contributed by atoms with E-state index in [1.807, 2.05) is 24.4 Å². The summed E-state index contributed by atoms with van der Waals surface area (Å²) in [7, 11) is 0. The average molecular weight is 697 g/mol. The molecule has 2 aromatic heterocycles. The van der Waals surface area contributed by atoms with Crippen LogP contribution in [0.15, 0.2) is 194 Å². The monoisotopic (exact) mass is 696 g/mol.